The van der Waals surface area contributed by atoms with E-state index in [9.17, 15) is 9.59 Å². The van der Waals surface area contributed by atoms with Crippen LogP contribution in [0.3, 0.4) is 0 Å². The second-order valence-electron chi connectivity index (χ2n) is 3.76. The number of carbonyl (C=O) groups is 2. The predicted octanol–water partition coefficient (Wildman–Crippen LogP) is 1.91. The molecule has 7 nitrogen and oxygen atoms in total. The van der Waals surface area contributed by atoms with Crippen LogP contribution in [0.4, 0.5) is 10.7 Å². The van der Waals surface area contributed by atoms with E-state index in [-0.39, 0.29) is 5.95 Å². The molecule has 0 aliphatic rings. The fraction of sp³-hybridized carbons (Fsp3) is 0.250. The molecule has 2 aromatic rings. The summed E-state index contributed by atoms with van der Waals surface area (Å²) in [4.78, 5) is 33.7. The van der Waals surface area contributed by atoms with Crippen molar-refractivity contribution in [3.63, 3.8) is 0 Å². The Morgan fingerprint density at radius 2 is 2.20 bits per heavy atom. The maximum atomic E-state index is 11.0. The molecule has 0 aromatic carbocycles. The monoisotopic (exact) mass is 292 g/mol. The maximum absolute atomic E-state index is 11.0. The summed E-state index contributed by atoms with van der Waals surface area (Å²) >= 11 is 1.46. The molecule has 8 heteroatoms. The third-order valence-electron chi connectivity index (χ3n) is 2.37. The Balaban J connectivity index is 2.07. The second kappa shape index (κ2) is 6.71. The molecule has 0 unspecified atom stereocenters. The Bertz CT molecular complexity index is 597. The average molecular weight is 292 g/mol. The summed E-state index contributed by atoms with van der Waals surface area (Å²) in [5, 5.41) is 5.04. The van der Waals surface area contributed by atoms with E-state index in [4.69, 9.17) is 0 Å². The smallest absolute Gasteiger partial charge is 0.413 e. The van der Waals surface area contributed by atoms with Crippen molar-refractivity contribution in [2.24, 2.45) is 0 Å². The normalized spacial score (nSPS) is 10.1. The number of nitrogens with zero attached hydrogens (tertiary/aromatic N) is 3. The van der Waals surface area contributed by atoms with E-state index in [0.29, 0.717) is 12.8 Å². The van der Waals surface area contributed by atoms with Crippen molar-refractivity contribution >= 4 is 29.7 Å². The third kappa shape index (κ3) is 3.58. The van der Waals surface area contributed by atoms with E-state index in [1.165, 1.54) is 18.4 Å². The fourth-order valence-corrected chi connectivity index (χ4v) is 2.24. The van der Waals surface area contributed by atoms with Crippen molar-refractivity contribution in [1.82, 2.24) is 15.0 Å². The molecule has 0 radical (unpaired) electrons. The Hall–Kier alpha value is -2.35. The lowest BCUT2D eigenvalue weighted by molar-refractivity contribution is -0.107. The van der Waals surface area contributed by atoms with Crippen LogP contribution >= 0.6 is 11.3 Å². The molecule has 0 spiro atoms. The number of methoxy groups -OCH3 is 1. The molecule has 0 saturated carbocycles. The molecule has 0 aliphatic heterocycles. The molecule has 0 bridgehead atoms. The zero-order valence-corrected chi connectivity index (χ0v) is 11.5. The van der Waals surface area contributed by atoms with E-state index in [1.54, 1.807) is 12.4 Å². The number of amides is 1. The van der Waals surface area contributed by atoms with Crippen molar-refractivity contribution in [3.8, 4) is 10.6 Å². The molecule has 104 valence electrons. The summed E-state index contributed by atoms with van der Waals surface area (Å²) in [5.74, 6) is 0.165. The van der Waals surface area contributed by atoms with Crippen molar-refractivity contribution in [3.05, 3.63) is 23.5 Å². The van der Waals surface area contributed by atoms with Gasteiger partial charge in [-0.2, -0.15) is 0 Å². The Labute approximate surface area is 119 Å². The highest BCUT2D eigenvalue weighted by molar-refractivity contribution is 7.13. The topological polar surface area (TPSA) is 94.1 Å². The molecule has 2 heterocycles. The SMILES string of the molecule is COC(=O)Nc1ncc(-c2nc(CCC=O)cs2)cn1. The summed E-state index contributed by atoms with van der Waals surface area (Å²) < 4.78 is 4.44. The van der Waals surface area contributed by atoms with E-state index in [2.05, 4.69) is 25.0 Å². The number of ether oxygens (including phenoxy) is 1. The van der Waals surface area contributed by atoms with Gasteiger partial charge < -0.3 is 9.53 Å². The lowest BCUT2D eigenvalue weighted by Gasteiger charge is -2.01. The van der Waals surface area contributed by atoms with Gasteiger partial charge in [0.25, 0.3) is 0 Å². The first kappa shape index (κ1) is 14.1. The van der Waals surface area contributed by atoms with Crippen LogP contribution in [-0.2, 0) is 16.0 Å². The molecule has 2 aromatic heterocycles. The van der Waals surface area contributed by atoms with Crippen molar-refractivity contribution in [1.29, 1.82) is 0 Å². The lowest BCUT2D eigenvalue weighted by atomic mass is 10.3. The van der Waals surface area contributed by atoms with Gasteiger partial charge in [-0.25, -0.2) is 19.7 Å². The summed E-state index contributed by atoms with van der Waals surface area (Å²) in [6.45, 7) is 0. The lowest BCUT2D eigenvalue weighted by Crippen LogP contribution is -2.13. The van der Waals surface area contributed by atoms with Crippen LogP contribution in [0, 0.1) is 0 Å². The van der Waals surface area contributed by atoms with Crippen molar-refractivity contribution < 1.29 is 14.3 Å². The predicted molar refractivity (Wildman–Crippen MR) is 73.6 cm³/mol. The molecular weight excluding hydrogens is 280 g/mol. The number of hydrogen-bond donors (Lipinski definition) is 1. The van der Waals surface area contributed by atoms with Gasteiger partial charge in [0.2, 0.25) is 5.95 Å². The molecule has 0 aliphatic carbocycles. The highest BCUT2D eigenvalue weighted by Gasteiger charge is 2.07. The number of carbonyl (C=O) groups excluding carboxylic acids is 2. The van der Waals surface area contributed by atoms with Crippen LogP contribution in [0.15, 0.2) is 17.8 Å². The molecule has 1 amide bonds. The van der Waals surface area contributed by atoms with Crippen LogP contribution < -0.4 is 5.32 Å². The highest BCUT2D eigenvalue weighted by Crippen LogP contribution is 2.23. The number of aryl methyl sites for hydroxylation is 1. The first-order valence-electron chi connectivity index (χ1n) is 5.78. The van der Waals surface area contributed by atoms with Gasteiger partial charge in [0.05, 0.1) is 12.8 Å². The number of rotatable bonds is 5. The van der Waals surface area contributed by atoms with E-state index in [0.717, 1.165) is 22.6 Å². The van der Waals surface area contributed by atoms with Crippen molar-refractivity contribution in [2.75, 3.05) is 12.4 Å². The Morgan fingerprint density at radius 1 is 1.45 bits per heavy atom. The number of anilines is 1. The highest BCUT2D eigenvalue weighted by atomic mass is 32.1. The summed E-state index contributed by atoms with van der Waals surface area (Å²) in [6.07, 6.45) is 4.48. The molecule has 20 heavy (non-hydrogen) atoms. The molecule has 1 N–H and O–H groups in total. The number of hydrogen-bond acceptors (Lipinski definition) is 7. The minimum atomic E-state index is -0.622. The van der Waals surface area contributed by atoms with Gasteiger partial charge in [-0.05, 0) is 6.42 Å². The van der Waals surface area contributed by atoms with Crippen LogP contribution in [-0.4, -0.2) is 34.4 Å². The van der Waals surface area contributed by atoms with Crippen LogP contribution in [0.2, 0.25) is 0 Å². The van der Waals surface area contributed by atoms with Crippen LogP contribution in [0.25, 0.3) is 10.6 Å². The van der Waals surface area contributed by atoms with Gasteiger partial charge in [0.1, 0.15) is 11.3 Å². The van der Waals surface area contributed by atoms with E-state index >= 15 is 0 Å². The largest absolute Gasteiger partial charge is 0.453 e. The summed E-state index contributed by atoms with van der Waals surface area (Å²) in [5.41, 5.74) is 1.62. The van der Waals surface area contributed by atoms with Gasteiger partial charge in [-0.1, -0.05) is 0 Å². The zero-order chi connectivity index (χ0) is 14.4. The molecule has 0 fully saturated rings. The van der Waals surface area contributed by atoms with Crippen molar-refractivity contribution in [2.45, 2.75) is 12.8 Å². The zero-order valence-electron chi connectivity index (χ0n) is 10.7. The number of aromatic nitrogens is 3. The second-order valence-corrected chi connectivity index (χ2v) is 4.62. The summed E-state index contributed by atoms with van der Waals surface area (Å²) in [6, 6.07) is 0. The van der Waals surface area contributed by atoms with Crippen LogP contribution in [0.1, 0.15) is 12.1 Å². The van der Waals surface area contributed by atoms with Crippen LogP contribution in [0.5, 0.6) is 0 Å². The molecule has 0 saturated heterocycles. The number of aldehydes is 1. The van der Waals surface area contributed by atoms with E-state index < -0.39 is 6.09 Å². The van der Waals surface area contributed by atoms with Gasteiger partial charge in [0.15, 0.2) is 0 Å². The van der Waals surface area contributed by atoms with Gasteiger partial charge in [0, 0.05) is 29.8 Å². The van der Waals surface area contributed by atoms with Gasteiger partial charge in [-0.15, -0.1) is 11.3 Å². The number of thiazole rings is 1. The summed E-state index contributed by atoms with van der Waals surface area (Å²) in [7, 11) is 1.26. The Morgan fingerprint density at radius 3 is 2.85 bits per heavy atom. The quantitative estimate of drug-likeness (QED) is 0.846. The molecular formula is C12H12N4O3S. The van der Waals surface area contributed by atoms with Gasteiger partial charge in [-0.3, -0.25) is 5.32 Å². The van der Waals surface area contributed by atoms with E-state index in [1.807, 2.05) is 5.38 Å². The maximum Gasteiger partial charge on any atom is 0.413 e. The third-order valence-corrected chi connectivity index (χ3v) is 3.31. The molecule has 0 atom stereocenters. The first-order chi connectivity index (χ1) is 9.72. The minimum absolute atomic E-state index is 0.165. The number of nitrogens with one attached hydrogen (secondary N) is 1. The Kier molecular flexibility index (Phi) is 4.72. The van der Waals surface area contributed by atoms with Gasteiger partial charge >= 0.3 is 6.09 Å². The minimum Gasteiger partial charge on any atom is -0.453 e. The fourth-order valence-electron chi connectivity index (χ4n) is 1.41. The molecule has 2 rings (SSSR count). The standard InChI is InChI=1S/C12H12N4O3S/c1-19-12(18)16-11-13-5-8(6-14-11)10-15-9(7-20-10)3-2-4-17/h4-7H,2-3H2,1H3,(H,13,14,16,18). The average Bonchev–Trinajstić information content (AvgIpc) is 2.94. The first-order valence-corrected chi connectivity index (χ1v) is 6.66.